The third-order valence-corrected chi connectivity index (χ3v) is 19.3. The van der Waals surface area contributed by atoms with Gasteiger partial charge in [-0.1, -0.05) is 185 Å². The molecule has 0 fully saturated rings. The zero-order chi connectivity index (χ0) is 41.5. The normalized spacial score (nSPS) is 14.7. The van der Waals surface area contributed by atoms with Crippen molar-refractivity contribution in [3.8, 4) is 0 Å². The van der Waals surface area contributed by atoms with Gasteiger partial charge >= 0.3 is 0 Å². The molecule has 0 aliphatic carbocycles. The smallest absolute Gasteiger partial charge is 0.262 e. The fraction of sp³-hybridized carbons (Fsp3) is 0.354. The van der Waals surface area contributed by atoms with E-state index < -0.39 is 46.9 Å². The molecule has 302 valence electrons. The van der Waals surface area contributed by atoms with Crippen LogP contribution in [0.5, 0.6) is 0 Å². The molecule has 0 saturated heterocycles. The van der Waals surface area contributed by atoms with E-state index in [0.717, 1.165) is 38.8 Å². The Hall–Kier alpha value is -3.83. The molecule has 0 bridgehead atoms. The van der Waals surface area contributed by atoms with E-state index in [0.29, 0.717) is 17.5 Å². The molecule has 0 unspecified atom stereocenters. The highest BCUT2D eigenvalue weighted by molar-refractivity contribution is 8.14. The minimum absolute atomic E-state index is 0.0828. The Bertz CT molecular complexity index is 2110. The molecule has 6 nitrogen and oxygen atoms in total. The van der Waals surface area contributed by atoms with Crippen LogP contribution in [0.4, 0.5) is 0 Å². The Morgan fingerprint density at radius 1 is 0.754 bits per heavy atom. The van der Waals surface area contributed by atoms with Crippen LogP contribution >= 0.6 is 11.8 Å². The van der Waals surface area contributed by atoms with Gasteiger partial charge in [-0.05, 0) is 77.7 Å². The van der Waals surface area contributed by atoms with Crippen molar-refractivity contribution in [1.82, 2.24) is 4.31 Å². The summed E-state index contributed by atoms with van der Waals surface area (Å²) in [5.74, 6) is 0.0828. The van der Waals surface area contributed by atoms with Gasteiger partial charge in [-0.25, -0.2) is 8.42 Å². The van der Waals surface area contributed by atoms with Gasteiger partial charge in [-0.2, -0.15) is 4.31 Å². The summed E-state index contributed by atoms with van der Waals surface area (Å²) in [4.78, 5) is 15.6. The van der Waals surface area contributed by atoms with Crippen LogP contribution < -0.4 is 10.4 Å². The minimum Gasteiger partial charge on any atom is -0.394 e. The largest absolute Gasteiger partial charge is 0.394 e. The number of hydrogen-bond acceptors (Lipinski definition) is 6. The molecule has 0 aliphatic heterocycles. The van der Waals surface area contributed by atoms with Crippen molar-refractivity contribution >= 4 is 45.6 Å². The highest BCUT2D eigenvalue weighted by atomic mass is 32.2. The van der Waals surface area contributed by atoms with E-state index in [1.807, 2.05) is 151 Å². The first-order valence-electron chi connectivity index (χ1n) is 19.8. The predicted octanol–water partition coefficient (Wildman–Crippen LogP) is 9.54. The first-order chi connectivity index (χ1) is 27.0. The summed E-state index contributed by atoms with van der Waals surface area (Å²) in [6.45, 7) is 18.1. The molecule has 0 spiro atoms. The SMILES string of the molecule is Cc1cc(C)c(S(=O)(=O)N(Cc2ccccc2)[C@H](C)[C@@H](SC(=O)[C@@H](O[Si](c2ccccc2)(c2ccccc2)C(C)(C)C)[C@@H](O)CC(C)C)c2ccccc2)c(C)c1. The van der Waals surface area contributed by atoms with Gasteiger partial charge in [0, 0.05) is 12.6 Å². The van der Waals surface area contributed by atoms with Gasteiger partial charge in [-0.3, -0.25) is 4.79 Å². The van der Waals surface area contributed by atoms with E-state index in [1.54, 1.807) is 4.31 Å². The van der Waals surface area contributed by atoms with Crippen LogP contribution in [0.2, 0.25) is 5.04 Å². The van der Waals surface area contributed by atoms with Gasteiger partial charge < -0.3 is 9.53 Å². The topological polar surface area (TPSA) is 83.9 Å². The number of carbonyl (C=O) groups is 1. The van der Waals surface area contributed by atoms with Crippen molar-refractivity contribution in [3.63, 3.8) is 0 Å². The molecule has 0 aliphatic rings. The molecular formula is C48H59NO5S2Si. The van der Waals surface area contributed by atoms with Gasteiger partial charge in [0.05, 0.1) is 16.2 Å². The average molecular weight is 822 g/mol. The minimum atomic E-state index is -4.10. The quantitative estimate of drug-likeness (QED) is 0.1000. The van der Waals surface area contributed by atoms with Crippen LogP contribution in [-0.2, 0) is 25.8 Å². The Labute approximate surface area is 346 Å². The molecule has 0 amide bonds. The monoisotopic (exact) mass is 821 g/mol. The van der Waals surface area contributed by atoms with Crippen LogP contribution in [0.25, 0.3) is 0 Å². The second-order valence-electron chi connectivity index (χ2n) is 16.7. The maximum absolute atomic E-state index is 15.3. The van der Waals surface area contributed by atoms with Gasteiger partial charge in [0.15, 0.2) is 0 Å². The molecule has 5 aromatic carbocycles. The third kappa shape index (κ3) is 10.1. The van der Waals surface area contributed by atoms with Crippen molar-refractivity contribution in [3.05, 3.63) is 161 Å². The summed E-state index contributed by atoms with van der Waals surface area (Å²) in [6, 6.07) is 42.5. The van der Waals surface area contributed by atoms with Crippen LogP contribution in [0.3, 0.4) is 0 Å². The molecule has 1 N–H and O–H groups in total. The summed E-state index contributed by atoms with van der Waals surface area (Å²) in [5.41, 5.74) is 3.97. The number of thioether (sulfide) groups is 1. The van der Waals surface area contributed by atoms with Crippen molar-refractivity contribution in [1.29, 1.82) is 0 Å². The molecular weight excluding hydrogens is 763 g/mol. The van der Waals surface area contributed by atoms with Crippen LogP contribution in [0.1, 0.15) is 81.0 Å². The van der Waals surface area contributed by atoms with Gasteiger partial charge in [0.1, 0.15) is 6.10 Å². The Morgan fingerprint density at radius 2 is 1.21 bits per heavy atom. The van der Waals surface area contributed by atoms with Crippen molar-refractivity contribution in [2.24, 2.45) is 5.92 Å². The van der Waals surface area contributed by atoms with Gasteiger partial charge in [0.25, 0.3) is 8.32 Å². The van der Waals surface area contributed by atoms with Crippen molar-refractivity contribution < 1.29 is 22.7 Å². The van der Waals surface area contributed by atoms with E-state index in [-0.39, 0.29) is 22.5 Å². The second kappa shape index (κ2) is 18.8. The number of carbonyl (C=O) groups excluding carboxylic acids is 1. The number of aryl methyl sites for hydroxylation is 3. The fourth-order valence-corrected chi connectivity index (χ4v) is 16.2. The zero-order valence-electron chi connectivity index (χ0n) is 34.8. The molecule has 5 aromatic rings. The highest BCUT2D eigenvalue weighted by Crippen LogP contribution is 2.43. The summed E-state index contributed by atoms with van der Waals surface area (Å²) in [6.07, 6.45) is -1.97. The van der Waals surface area contributed by atoms with E-state index >= 15 is 13.2 Å². The van der Waals surface area contributed by atoms with E-state index in [1.165, 1.54) is 0 Å². The maximum Gasteiger partial charge on any atom is 0.262 e. The van der Waals surface area contributed by atoms with Gasteiger partial charge in [0.2, 0.25) is 15.1 Å². The predicted molar refractivity (Wildman–Crippen MR) is 239 cm³/mol. The Kier molecular flexibility index (Phi) is 14.6. The number of nitrogens with zero attached hydrogens (tertiary/aromatic N) is 1. The average Bonchev–Trinajstić information content (AvgIpc) is 3.16. The lowest BCUT2D eigenvalue weighted by Crippen LogP contribution is -2.69. The van der Waals surface area contributed by atoms with E-state index in [2.05, 4.69) is 45.0 Å². The molecule has 4 atom stereocenters. The Morgan fingerprint density at radius 3 is 1.67 bits per heavy atom. The number of hydrogen-bond donors (Lipinski definition) is 1. The summed E-state index contributed by atoms with van der Waals surface area (Å²) in [5, 5.41) is 12.7. The number of aliphatic hydroxyl groups is 1. The van der Waals surface area contributed by atoms with E-state index in [4.69, 9.17) is 4.43 Å². The number of aliphatic hydroxyl groups excluding tert-OH is 1. The lowest BCUT2D eigenvalue weighted by Gasteiger charge is -2.45. The summed E-state index contributed by atoms with van der Waals surface area (Å²) >= 11 is 1.06. The number of benzene rings is 5. The second-order valence-corrected chi connectivity index (χ2v) is 23.9. The lowest BCUT2D eigenvalue weighted by atomic mass is 10.0. The molecule has 0 heterocycles. The van der Waals surface area contributed by atoms with Gasteiger partial charge in [-0.15, -0.1) is 0 Å². The molecule has 5 rings (SSSR count). The lowest BCUT2D eigenvalue weighted by molar-refractivity contribution is -0.123. The maximum atomic E-state index is 15.3. The molecule has 0 radical (unpaired) electrons. The van der Waals surface area contributed by atoms with Crippen molar-refractivity contribution in [2.75, 3.05) is 0 Å². The summed E-state index contributed by atoms with van der Waals surface area (Å²) < 4.78 is 39.2. The molecule has 9 heteroatoms. The highest BCUT2D eigenvalue weighted by Gasteiger charge is 2.53. The number of sulfonamides is 1. The number of rotatable bonds is 16. The van der Waals surface area contributed by atoms with Crippen LogP contribution in [0, 0.1) is 26.7 Å². The van der Waals surface area contributed by atoms with Crippen molar-refractivity contribution in [2.45, 2.75) is 109 Å². The third-order valence-electron chi connectivity index (χ3n) is 10.6. The Balaban J connectivity index is 1.67. The summed E-state index contributed by atoms with van der Waals surface area (Å²) in [7, 11) is -7.41. The zero-order valence-corrected chi connectivity index (χ0v) is 37.5. The molecule has 0 saturated carbocycles. The van der Waals surface area contributed by atoms with E-state index in [9.17, 15) is 5.11 Å². The van der Waals surface area contributed by atoms with Crippen LogP contribution in [0.15, 0.2) is 138 Å². The first kappa shape index (κ1) is 44.3. The van der Waals surface area contributed by atoms with Crippen LogP contribution in [-0.4, -0.2) is 49.5 Å². The molecule has 57 heavy (non-hydrogen) atoms. The first-order valence-corrected chi connectivity index (χ1v) is 24.1. The standard InChI is InChI=1S/C48H59NO5S2Si/c1-34(2)30-43(50)44(54-57(48(7,8)9,41-26-18-12-19-27-41)42-28-20-13-21-29-42)47(51)55-45(40-24-16-11-17-25-40)38(6)49(33-39-22-14-10-15-23-39)56(52,53)46-36(4)31-35(3)32-37(46)5/h10-29,31-32,34,38,43-45,50H,30,33H2,1-9H3/t38-,43+,44+,45-/m1/s1. The fourth-order valence-electron chi connectivity index (χ4n) is 8.11. The molecule has 0 aromatic heterocycles.